The largest absolute Gasteiger partial charge is 0.493 e. The molecule has 3 rings (SSSR count). The van der Waals surface area contributed by atoms with Crippen molar-refractivity contribution in [1.82, 2.24) is 0 Å². The first kappa shape index (κ1) is 15.9. The highest BCUT2D eigenvalue weighted by molar-refractivity contribution is 6.11. The monoisotopic (exact) mass is 326 g/mol. The molecule has 1 heterocycles. The number of methoxy groups -OCH3 is 2. The first-order chi connectivity index (χ1) is 11.5. The average Bonchev–Trinajstić information content (AvgIpc) is 2.90. The molecule has 124 valence electrons. The molecule has 2 aromatic carbocycles. The van der Waals surface area contributed by atoms with Crippen molar-refractivity contribution in [2.75, 3.05) is 24.4 Å². The summed E-state index contributed by atoms with van der Waals surface area (Å²) in [6.45, 7) is 1.91. The van der Waals surface area contributed by atoms with Crippen molar-refractivity contribution >= 4 is 23.2 Å². The van der Waals surface area contributed by atoms with E-state index in [1.807, 2.05) is 12.1 Å². The van der Waals surface area contributed by atoms with Crippen LogP contribution >= 0.6 is 0 Å². The maximum Gasteiger partial charge on any atom is 0.259 e. The van der Waals surface area contributed by atoms with E-state index in [0.29, 0.717) is 29.3 Å². The quantitative estimate of drug-likeness (QED) is 0.938. The van der Waals surface area contributed by atoms with Crippen molar-refractivity contribution in [3.63, 3.8) is 0 Å². The molecule has 6 heteroatoms. The number of rotatable bonds is 4. The molecule has 0 spiro atoms. The van der Waals surface area contributed by atoms with Crippen molar-refractivity contribution in [3.8, 4) is 11.5 Å². The van der Waals surface area contributed by atoms with Gasteiger partial charge in [0.15, 0.2) is 11.5 Å². The molecular formula is C18H18N2O4. The molecule has 0 unspecified atom stereocenters. The first-order valence-electron chi connectivity index (χ1n) is 7.48. The van der Waals surface area contributed by atoms with Crippen molar-refractivity contribution in [1.29, 1.82) is 0 Å². The third-order valence-corrected chi connectivity index (χ3v) is 3.91. The number of carbonyl (C=O) groups excluding carboxylic acids is 2. The number of fused-ring (bicyclic) bond motifs is 1. The molecule has 2 amide bonds. The van der Waals surface area contributed by atoms with Gasteiger partial charge in [0.2, 0.25) is 5.91 Å². The van der Waals surface area contributed by atoms with Crippen LogP contribution in [0.3, 0.4) is 0 Å². The van der Waals surface area contributed by atoms with Crippen LogP contribution in [0.5, 0.6) is 11.5 Å². The predicted octanol–water partition coefficient (Wildman–Crippen LogP) is 2.82. The van der Waals surface area contributed by atoms with Gasteiger partial charge in [-0.25, -0.2) is 0 Å². The van der Waals surface area contributed by atoms with Gasteiger partial charge < -0.3 is 19.7 Å². The lowest BCUT2D eigenvalue weighted by Crippen LogP contribution is -2.23. The van der Waals surface area contributed by atoms with E-state index in [2.05, 4.69) is 5.32 Å². The third kappa shape index (κ3) is 2.78. The second-order valence-corrected chi connectivity index (χ2v) is 5.48. The summed E-state index contributed by atoms with van der Waals surface area (Å²) in [5.74, 6) is 0.901. The Bertz CT molecular complexity index is 817. The fourth-order valence-electron chi connectivity index (χ4n) is 2.78. The van der Waals surface area contributed by atoms with Crippen LogP contribution in [0.25, 0.3) is 0 Å². The Kier molecular flexibility index (Phi) is 4.12. The number of ether oxygens (including phenoxy) is 2. The van der Waals surface area contributed by atoms with E-state index in [1.165, 1.54) is 6.92 Å². The number of hydrogen-bond acceptors (Lipinski definition) is 4. The molecule has 0 saturated carbocycles. The molecule has 1 aliphatic rings. The van der Waals surface area contributed by atoms with Gasteiger partial charge in [-0.05, 0) is 29.8 Å². The van der Waals surface area contributed by atoms with E-state index in [1.54, 1.807) is 43.4 Å². The second kappa shape index (κ2) is 6.23. The van der Waals surface area contributed by atoms with E-state index in [0.717, 1.165) is 11.3 Å². The Hall–Kier alpha value is -3.02. The van der Waals surface area contributed by atoms with Crippen LogP contribution in [0, 0.1) is 0 Å². The standard InChI is InChI=1S/C18H18N2O4/c1-11(21)19-13-5-4-12-10-20(18(22)15(12)8-13)14-6-7-16(23-2)17(9-14)24-3/h4-9H,10H2,1-3H3,(H,19,21). The van der Waals surface area contributed by atoms with E-state index in [4.69, 9.17) is 9.47 Å². The summed E-state index contributed by atoms with van der Waals surface area (Å²) in [5.41, 5.74) is 2.86. The van der Waals surface area contributed by atoms with E-state index in [9.17, 15) is 9.59 Å². The number of anilines is 2. The van der Waals surface area contributed by atoms with Gasteiger partial charge in [-0.3, -0.25) is 9.59 Å². The zero-order valence-corrected chi connectivity index (χ0v) is 13.8. The Balaban J connectivity index is 1.92. The SMILES string of the molecule is COc1ccc(N2Cc3ccc(NC(C)=O)cc3C2=O)cc1OC. The Labute approximate surface area is 140 Å². The maximum atomic E-state index is 12.7. The number of hydrogen-bond donors (Lipinski definition) is 1. The number of carbonyl (C=O) groups is 2. The van der Waals surface area contributed by atoms with Gasteiger partial charge >= 0.3 is 0 Å². The van der Waals surface area contributed by atoms with E-state index >= 15 is 0 Å². The van der Waals surface area contributed by atoms with Crippen LogP contribution in [0.2, 0.25) is 0 Å². The lowest BCUT2D eigenvalue weighted by molar-refractivity contribution is -0.114. The van der Waals surface area contributed by atoms with Crippen molar-refractivity contribution in [3.05, 3.63) is 47.5 Å². The molecule has 0 atom stereocenters. The fourth-order valence-corrected chi connectivity index (χ4v) is 2.78. The minimum absolute atomic E-state index is 0.107. The van der Waals surface area contributed by atoms with Gasteiger partial charge in [-0.1, -0.05) is 6.07 Å². The molecule has 0 aliphatic carbocycles. The minimum atomic E-state index is -0.169. The molecule has 1 N–H and O–H groups in total. The van der Waals surface area contributed by atoms with Gasteiger partial charge in [0.1, 0.15) is 0 Å². The highest BCUT2D eigenvalue weighted by Crippen LogP contribution is 2.35. The lowest BCUT2D eigenvalue weighted by Gasteiger charge is -2.17. The molecule has 6 nitrogen and oxygen atoms in total. The van der Waals surface area contributed by atoms with Crippen LogP contribution in [-0.2, 0) is 11.3 Å². The Morgan fingerprint density at radius 3 is 2.50 bits per heavy atom. The normalized spacial score (nSPS) is 12.8. The summed E-state index contributed by atoms with van der Waals surface area (Å²) >= 11 is 0. The Morgan fingerprint density at radius 2 is 1.83 bits per heavy atom. The summed E-state index contributed by atoms with van der Waals surface area (Å²) < 4.78 is 10.5. The zero-order valence-electron chi connectivity index (χ0n) is 13.8. The first-order valence-corrected chi connectivity index (χ1v) is 7.48. The van der Waals surface area contributed by atoms with Crippen LogP contribution < -0.4 is 19.7 Å². The number of amides is 2. The van der Waals surface area contributed by atoms with Crippen LogP contribution in [-0.4, -0.2) is 26.0 Å². The molecule has 0 aromatic heterocycles. The number of nitrogens with one attached hydrogen (secondary N) is 1. The van der Waals surface area contributed by atoms with Gasteiger partial charge in [0.05, 0.1) is 20.8 Å². The molecule has 0 bridgehead atoms. The molecule has 0 radical (unpaired) electrons. The number of nitrogens with zero attached hydrogens (tertiary/aromatic N) is 1. The second-order valence-electron chi connectivity index (χ2n) is 5.48. The molecule has 0 fully saturated rings. The van der Waals surface area contributed by atoms with Crippen LogP contribution in [0.1, 0.15) is 22.8 Å². The molecule has 24 heavy (non-hydrogen) atoms. The van der Waals surface area contributed by atoms with Gasteiger partial charge in [0.25, 0.3) is 5.91 Å². The highest BCUT2D eigenvalue weighted by Gasteiger charge is 2.29. The van der Waals surface area contributed by atoms with Gasteiger partial charge in [0, 0.05) is 29.9 Å². The predicted molar refractivity (Wildman–Crippen MR) is 90.8 cm³/mol. The van der Waals surface area contributed by atoms with Crippen LogP contribution in [0.15, 0.2) is 36.4 Å². The summed E-state index contributed by atoms with van der Waals surface area (Å²) in [7, 11) is 3.12. The zero-order chi connectivity index (χ0) is 17.3. The van der Waals surface area contributed by atoms with Crippen LogP contribution in [0.4, 0.5) is 11.4 Å². The summed E-state index contributed by atoms with van der Waals surface area (Å²) in [6, 6.07) is 10.7. The third-order valence-electron chi connectivity index (χ3n) is 3.91. The summed E-state index contributed by atoms with van der Waals surface area (Å²) in [4.78, 5) is 25.6. The molecule has 0 saturated heterocycles. The van der Waals surface area contributed by atoms with Gasteiger partial charge in [-0.2, -0.15) is 0 Å². The van der Waals surface area contributed by atoms with E-state index in [-0.39, 0.29) is 11.8 Å². The van der Waals surface area contributed by atoms with Crippen molar-refractivity contribution < 1.29 is 19.1 Å². The minimum Gasteiger partial charge on any atom is -0.493 e. The number of benzene rings is 2. The Morgan fingerprint density at radius 1 is 1.08 bits per heavy atom. The molecule has 1 aliphatic heterocycles. The summed E-state index contributed by atoms with van der Waals surface area (Å²) in [5, 5.41) is 2.70. The summed E-state index contributed by atoms with van der Waals surface area (Å²) in [6.07, 6.45) is 0. The van der Waals surface area contributed by atoms with Crippen molar-refractivity contribution in [2.45, 2.75) is 13.5 Å². The van der Waals surface area contributed by atoms with Gasteiger partial charge in [-0.15, -0.1) is 0 Å². The van der Waals surface area contributed by atoms with Crippen molar-refractivity contribution in [2.24, 2.45) is 0 Å². The smallest absolute Gasteiger partial charge is 0.259 e. The van der Waals surface area contributed by atoms with E-state index < -0.39 is 0 Å². The molecule has 2 aromatic rings. The molecular weight excluding hydrogens is 308 g/mol. The fraction of sp³-hybridized carbons (Fsp3) is 0.222. The highest BCUT2D eigenvalue weighted by atomic mass is 16.5. The topological polar surface area (TPSA) is 67.9 Å². The average molecular weight is 326 g/mol. The lowest BCUT2D eigenvalue weighted by atomic mass is 10.1. The maximum absolute atomic E-state index is 12.7.